The topological polar surface area (TPSA) is 3.24 Å². The average molecular weight is 216 g/mol. The summed E-state index contributed by atoms with van der Waals surface area (Å²) in [5.74, 6) is 0. The van der Waals surface area contributed by atoms with Crippen LogP contribution < -0.4 is 0 Å². The maximum absolute atomic E-state index is 2.51. The fraction of sp³-hybridized carbons (Fsp3) is 0.500. The fourth-order valence-corrected chi connectivity index (χ4v) is 5.30. The van der Waals surface area contributed by atoms with E-state index in [0.717, 1.165) is 6.54 Å². The van der Waals surface area contributed by atoms with Gasteiger partial charge in [-0.05, 0) is 18.2 Å². The van der Waals surface area contributed by atoms with Crippen LogP contribution in [0, 0.1) is 0 Å². The van der Waals surface area contributed by atoms with E-state index >= 15 is 0 Å². The molecule has 1 nitrogen and oxygen atoms in total. The molecule has 3 heteroatoms. The van der Waals surface area contributed by atoms with E-state index in [9.17, 15) is 0 Å². The van der Waals surface area contributed by atoms with Gasteiger partial charge in [-0.3, -0.25) is 4.90 Å². The molecule has 0 saturated heterocycles. The van der Waals surface area contributed by atoms with E-state index in [0.29, 0.717) is 5.67 Å². The van der Waals surface area contributed by atoms with Crippen molar-refractivity contribution in [2.45, 2.75) is 31.9 Å². The Labute approximate surface area is 96.1 Å². The van der Waals surface area contributed by atoms with Gasteiger partial charge in [-0.1, -0.05) is 43.9 Å². The summed E-state index contributed by atoms with van der Waals surface area (Å²) < 4.78 is 0. The minimum atomic E-state index is -1.11. The number of hydrogen-bond donors (Lipinski definition) is 0. The number of rotatable bonds is 1. The van der Waals surface area contributed by atoms with Crippen molar-refractivity contribution in [1.82, 2.24) is 4.90 Å². The third-order valence-corrected chi connectivity index (χ3v) is 5.42. The molecule has 0 spiro atoms. The van der Waals surface area contributed by atoms with Gasteiger partial charge in [0, 0.05) is 20.6 Å². The minimum absolute atomic E-state index is 0. The quantitative estimate of drug-likeness (QED) is 0.652. The van der Waals surface area contributed by atoms with Gasteiger partial charge in [0.25, 0.3) is 0 Å². The molecule has 0 fully saturated rings. The van der Waals surface area contributed by atoms with E-state index in [2.05, 4.69) is 55.9 Å². The zero-order valence-corrected chi connectivity index (χ0v) is 11.1. The number of nitrogens with zero attached hydrogens (tertiary/aromatic N) is 1. The second-order valence-corrected chi connectivity index (χ2v) is 10.7. The standard InChI is InChI=1S/C12H19NSi.B/c1-13-9-10-7-5-6-8-11(10)12(13)14(2,3)4;/h5-8,12H,9H2,1-4H3;/t12-;/m0./s1. The number of benzene rings is 1. The highest BCUT2D eigenvalue weighted by Crippen LogP contribution is 2.38. The first kappa shape index (κ1) is 12.5. The van der Waals surface area contributed by atoms with Crippen LogP contribution in [0.5, 0.6) is 0 Å². The van der Waals surface area contributed by atoms with E-state index in [-0.39, 0.29) is 8.41 Å². The smallest absolute Gasteiger partial charge is 0.0694 e. The van der Waals surface area contributed by atoms with E-state index in [4.69, 9.17) is 0 Å². The summed E-state index contributed by atoms with van der Waals surface area (Å²) in [6, 6.07) is 8.90. The molecule has 1 aliphatic rings. The van der Waals surface area contributed by atoms with Gasteiger partial charge in [0.15, 0.2) is 0 Å². The molecular formula is C12H19BNSi. The second kappa shape index (κ2) is 4.14. The Balaban J connectivity index is 0.00000112. The van der Waals surface area contributed by atoms with Gasteiger partial charge < -0.3 is 0 Å². The van der Waals surface area contributed by atoms with Gasteiger partial charge in [-0.2, -0.15) is 0 Å². The highest BCUT2D eigenvalue weighted by molar-refractivity contribution is 6.77. The van der Waals surface area contributed by atoms with E-state index in [1.54, 1.807) is 5.56 Å². The summed E-state index contributed by atoms with van der Waals surface area (Å²) in [6.45, 7) is 8.49. The molecule has 1 heterocycles. The third kappa shape index (κ3) is 2.18. The van der Waals surface area contributed by atoms with Crippen molar-refractivity contribution in [3.63, 3.8) is 0 Å². The highest BCUT2D eigenvalue weighted by atomic mass is 28.3. The molecular weight excluding hydrogens is 197 g/mol. The van der Waals surface area contributed by atoms with Crippen LogP contribution in [0.1, 0.15) is 16.8 Å². The Kier molecular flexibility index (Phi) is 3.46. The largest absolute Gasteiger partial charge is 0.298 e. The summed E-state index contributed by atoms with van der Waals surface area (Å²) >= 11 is 0. The van der Waals surface area contributed by atoms with Gasteiger partial charge in [0.1, 0.15) is 0 Å². The lowest BCUT2D eigenvalue weighted by molar-refractivity contribution is 0.328. The Morgan fingerprint density at radius 3 is 2.40 bits per heavy atom. The van der Waals surface area contributed by atoms with Crippen LogP contribution in [-0.2, 0) is 6.54 Å². The van der Waals surface area contributed by atoms with Crippen molar-refractivity contribution in [2.24, 2.45) is 0 Å². The lowest BCUT2D eigenvalue weighted by atomic mass is 10.1. The minimum Gasteiger partial charge on any atom is -0.298 e. The predicted octanol–water partition coefficient (Wildman–Crippen LogP) is 2.67. The van der Waals surface area contributed by atoms with Gasteiger partial charge in [0.05, 0.1) is 8.07 Å². The summed E-state index contributed by atoms with van der Waals surface area (Å²) in [5, 5.41) is 0. The summed E-state index contributed by atoms with van der Waals surface area (Å²) in [5.41, 5.74) is 3.82. The van der Waals surface area contributed by atoms with Crippen molar-refractivity contribution in [3.8, 4) is 0 Å². The Morgan fingerprint density at radius 2 is 1.80 bits per heavy atom. The van der Waals surface area contributed by atoms with Gasteiger partial charge in [-0.15, -0.1) is 0 Å². The number of fused-ring (bicyclic) bond motifs is 1. The molecule has 0 amide bonds. The zero-order valence-electron chi connectivity index (χ0n) is 10.1. The fourth-order valence-electron chi connectivity index (χ4n) is 2.67. The van der Waals surface area contributed by atoms with Crippen molar-refractivity contribution in [2.75, 3.05) is 7.05 Å². The van der Waals surface area contributed by atoms with Crippen LogP contribution in [0.25, 0.3) is 0 Å². The maximum Gasteiger partial charge on any atom is 0.0694 e. The summed E-state index contributed by atoms with van der Waals surface area (Å²) in [7, 11) is 1.14. The zero-order chi connectivity index (χ0) is 10.3. The van der Waals surface area contributed by atoms with Crippen LogP contribution in [0.15, 0.2) is 24.3 Å². The molecule has 1 atom stereocenters. The summed E-state index contributed by atoms with van der Waals surface area (Å²) in [4.78, 5) is 2.51. The molecule has 2 rings (SSSR count). The van der Waals surface area contributed by atoms with Gasteiger partial charge in [-0.25, -0.2) is 0 Å². The van der Waals surface area contributed by atoms with E-state index in [1.807, 2.05) is 0 Å². The molecule has 0 aliphatic carbocycles. The Morgan fingerprint density at radius 1 is 1.20 bits per heavy atom. The molecule has 0 unspecified atom stereocenters. The molecule has 3 radical (unpaired) electrons. The van der Waals surface area contributed by atoms with Gasteiger partial charge >= 0.3 is 0 Å². The summed E-state index contributed by atoms with van der Waals surface area (Å²) in [6.07, 6.45) is 0. The molecule has 15 heavy (non-hydrogen) atoms. The van der Waals surface area contributed by atoms with Crippen molar-refractivity contribution in [1.29, 1.82) is 0 Å². The molecule has 1 aromatic carbocycles. The van der Waals surface area contributed by atoms with Crippen LogP contribution in [0.4, 0.5) is 0 Å². The lowest BCUT2D eigenvalue weighted by Gasteiger charge is -2.31. The second-order valence-electron chi connectivity index (χ2n) is 5.38. The first-order valence-corrected chi connectivity index (χ1v) is 8.86. The first-order chi connectivity index (χ1) is 6.50. The van der Waals surface area contributed by atoms with E-state index in [1.165, 1.54) is 5.56 Å². The molecule has 79 valence electrons. The van der Waals surface area contributed by atoms with Crippen LogP contribution in [-0.4, -0.2) is 28.4 Å². The van der Waals surface area contributed by atoms with Crippen LogP contribution in [0.2, 0.25) is 19.6 Å². The average Bonchev–Trinajstić information content (AvgIpc) is 2.38. The van der Waals surface area contributed by atoms with Crippen LogP contribution in [0.3, 0.4) is 0 Å². The number of hydrogen-bond acceptors (Lipinski definition) is 1. The normalized spacial score (nSPS) is 20.9. The molecule has 0 N–H and O–H groups in total. The molecule has 0 aromatic heterocycles. The maximum atomic E-state index is 2.51. The first-order valence-electron chi connectivity index (χ1n) is 5.28. The van der Waals surface area contributed by atoms with Crippen molar-refractivity contribution < 1.29 is 0 Å². The Hall–Kier alpha value is -0.538. The van der Waals surface area contributed by atoms with Crippen molar-refractivity contribution in [3.05, 3.63) is 35.4 Å². The van der Waals surface area contributed by atoms with Gasteiger partial charge in [0.2, 0.25) is 0 Å². The van der Waals surface area contributed by atoms with E-state index < -0.39 is 8.07 Å². The highest BCUT2D eigenvalue weighted by Gasteiger charge is 2.36. The lowest BCUT2D eigenvalue weighted by Crippen LogP contribution is -2.38. The Bertz CT molecular complexity index is 346. The molecule has 0 saturated carbocycles. The third-order valence-electron chi connectivity index (χ3n) is 3.03. The monoisotopic (exact) mass is 216 g/mol. The van der Waals surface area contributed by atoms with Crippen LogP contribution >= 0.6 is 0 Å². The molecule has 1 aromatic rings. The predicted molar refractivity (Wildman–Crippen MR) is 69.8 cm³/mol. The SMILES string of the molecule is CN1Cc2ccccc2[C@@H]1[Si](C)(C)C.[B]. The van der Waals surface area contributed by atoms with Crippen molar-refractivity contribution >= 4 is 16.5 Å². The molecule has 1 aliphatic heterocycles. The molecule has 0 bridgehead atoms.